The Balaban J connectivity index is 1.85. The first-order valence-electron chi connectivity index (χ1n) is 9.10. The number of benzene rings is 3. The minimum absolute atomic E-state index is 0.307. The van der Waals surface area contributed by atoms with Crippen LogP contribution in [0, 0.1) is 13.8 Å². The van der Waals surface area contributed by atoms with Crippen molar-refractivity contribution in [3.63, 3.8) is 0 Å². The topological polar surface area (TPSA) is 37.8 Å². The molecule has 0 spiro atoms. The van der Waals surface area contributed by atoms with E-state index >= 15 is 0 Å². The van der Waals surface area contributed by atoms with E-state index in [1.165, 1.54) is 6.07 Å². The second-order valence-corrected chi connectivity index (χ2v) is 6.95. The number of nitrogens with zero attached hydrogens (tertiary/aromatic N) is 2. The summed E-state index contributed by atoms with van der Waals surface area (Å²) < 4.78 is 39.1. The number of hydrogen-bond acceptors (Lipinski definition) is 3. The molecular weight excluding hydrogens is 375 g/mol. The normalized spacial score (nSPS) is 11.6. The van der Waals surface area contributed by atoms with Crippen molar-refractivity contribution in [1.29, 1.82) is 0 Å². The molecule has 146 valence electrons. The summed E-state index contributed by atoms with van der Waals surface area (Å²) in [6.07, 6.45) is -4.41. The molecule has 1 heterocycles. The molecule has 4 aromatic rings. The van der Waals surface area contributed by atoms with Crippen molar-refractivity contribution in [3.05, 3.63) is 83.4 Å². The second kappa shape index (κ2) is 7.20. The van der Waals surface area contributed by atoms with Crippen molar-refractivity contribution in [2.45, 2.75) is 20.0 Å². The van der Waals surface area contributed by atoms with Gasteiger partial charge in [-0.05, 0) is 55.3 Å². The van der Waals surface area contributed by atoms with E-state index in [1.807, 2.05) is 56.3 Å². The zero-order valence-electron chi connectivity index (χ0n) is 15.9. The molecule has 0 bridgehead atoms. The number of aromatic nitrogens is 2. The van der Waals surface area contributed by atoms with Gasteiger partial charge in [0.25, 0.3) is 0 Å². The molecule has 4 rings (SSSR count). The van der Waals surface area contributed by atoms with Crippen molar-refractivity contribution in [2.75, 3.05) is 5.32 Å². The maximum atomic E-state index is 13.0. The third-order valence-corrected chi connectivity index (χ3v) is 4.89. The lowest BCUT2D eigenvalue weighted by atomic mass is 9.99. The summed E-state index contributed by atoms with van der Waals surface area (Å²) in [6.45, 7) is 4.01. The first-order chi connectivity index (χ1) is 13.8. The van der Waals surface area contributed by atoms with Crippen LogP contribution in [-0.2, 0) is 6.18 Å². The second-order valence-electron chi connectivity index (χ2n) is 6.95. The highest BCUT2D eigenvalue weighted by Crippen LogP contribution is 2.35. The van der Waals surface area contributed by atoms with E-state index in [-0.39, 0.29) is 0 Å². The van der Waals surface area contributed by atoms with Crippen LogP contribution in [0.2, 0.25) is 0 Å². The number of anilines is 2. The van der Waals surface area contributed by atoms with Gasteiger partial charge in [0.05, 0.1) is 5.56 Å². The highest BCUT2D eigenvalue weighted by Gasteiger charge is 2.30. The zero-order valence-corrected chi connectivity index (χ0v) is 15.9. The Morgan fingerprint density at radius 2 is 1.45 bits per heavy atom. The van der Waals surface area contributed by atoms with Gasteiger partial charge >= 0.3 is 6.18 Å². The molecule has 0 radical (unpaired) electrons. The van der Waals surface area contributed by atoms with Gasteiger partial charge in [0, 0.05) is 22.0 Å². The molecule has 0 amide bonds. The molecule has 29 heavy (non-hydrogen) atoms. The third kappa shape index (κ3) is 3.78. The number of aryl methyl sites for hydroxylation is 2. The Morgan fingerprint density at radius 3 is 2.14 bits per heavy atom. The van der Waals surface area contributed by atoms with E-state index in [0.717, 1.165) is 45.3 Å². The molecule has 3 aromatic carbocycles. The Kier molecular flexibility index (Phi) is 4.70. The number of hydrogen-bond donors (Lipinski definition) is 1. The monoisotopic (exact) mass is 393 g/mol. The van der Waals surface area contributed by atoms with Gasteiger partial charge in [-0.25, -0.2) is 0 Å². The van der Waals surface area contributed by atoms with Gasteiger partial charge in [0.15, 0.2) is 5.82 Å². The fraction of sp³-hybridized carbons (Fsp3) is 0.130. The standard InChI is InChI=1S/C23H18F3N3/c1-14-11-19-20(12-15(14)2)22(29-28-21(19)16-7-4-3-5-8-16)27-18-10-6-9-17(13-18)23(24,25)26/h3-13H,1-2H3,(H,27,29). The average molecular weight is 393 g/mol. The summed E-state index contributed by atoms with van der Waals surface area (Å²) in [6, 6.07) is 18.8. The van der Waals surface area contributed by atoms with Crippen LogP contribution in [0.15, 0.2) is 66.7 Å². The highest BCUT2D eigenvalue weighted by molar-refractivity contribution is 6.01. The molecule has 6 heteroatoms. The summed E-state index contributed by atoms with van der Waals surface area (Å²) in [7, 11) is 0. The fourth-order valence-corrected chi connectivity index (χ4v) is 3.23. The van der Waals surface area contributed by atoms with E-state index in [9.17, 15) is 13.2 Å². The van der Waals surface area contributed by atoms with E-state index in [2.05, 4.69) is 15.5 Å². The van der Waals surface area contributed by atoms with Crippen LogP contribution in [-0.4, -0.2) is 10.2 Å². The summed E-state index contributed by atoms with van der Waals surface area (Å²) in [5, 5.41) is 13.4. The van der Waals surface area contributed by atoms with Gasteiger partial charge in [-0.3, -0.25) is 0 Å². The Labute approximate surface area is 166 Å². The van der Waals surface area contributed by atoms with Gasteiger partial charge in [-0.1, -0.05) is 36.4 Å². The summed E-state index contributed by atoms with van der Waals surface area (Å²) in [5.41, 5.74) is 3.43. The van der Waals surface area contributed by atoms with Gasteiger partial charge in [-0.2, -0.15) is 13.2 Å². The number of nitrogens with one attached hydrogen (secondary N) is 1. The number of fused-ring (bicyclic) bond motifs is 1. The van der Waals surface area contributed by atoms with Gasteiger partial charge in [0.1, 0.15) is 5.69 Å². The first kappa shape index (κ1) is 18.9. The Hall–Kier alpha value is -3.41. The lowest BCUT2D eigenvalue weighted by molar-refractivity contribution is -0.137. The predicted molar refractivity (Wildman–Crippen MR) is 109 cm³/mol. The molecule has 3 nitrogen and oxygen atoms in total. The number of halogens is 3. The van der Waals surface area contributed by atoms with Crippen LogP contribution in [0.1, 0.15) is 16.7 Å². The van der Waals surface area contributed by atoms with Crippen molar-refractivity contribution in [3.8, 4) is 11.3 Å². The molecule has 0 saturated heterocycles. The summed E-state index contributed by atoms with van der Waals surface area (Å²) in [5.74, 6) is 0.419. The lowest BCUT2D eigenvalue weighted by Gasteiger charge is -2.14. The zero-order chi connectivity index (χ0) is 20.6. The molecule has 1 N–H and O–H groups in total. The van der Waals surface area contributed by atoms with Crippen LogP contribution in [0.4, 0.5) is 24.7 Å². The van der Waals surface area contributed by atoms with E-state index in [4.69, 9.17) is 0 Å². The molecule has 0 aliphatic rings. The van der Waals surface area contributed by atoms with Crippen LogP contribution in [0.25, 0.3) is 22.0 Å². The van der Waals surface area contributed by atoms with E-state index in [1.54, 1.807) is 6.07 Å². The molecule has 0 saturated carbocycles. The average Bonchev–Trinajstić information content (AvgIpc) is 2.70. The van der Waals surface area contributed by atoms with Crippen molar-refractivity contribution in [2.24, 2.45) is 0 Å². The van der Waals surface area contributed by atoms with Gasteiger partial charge in [-0.15, -0.1) is 10.2 Å². The van der Waals surface area contributed by atoms with Crippen LogP contribution >= 0.6 is 0 Å². The largest absolute Gasteiger partial charge is 0.416 e. The quantitative estimate of drug-likeness (QED) is 0.422. The van der Waals surface area contributed by atoms with Gasteiger partial charge < -0.3 is 5.32 Å². The molecular formula is C23H18F3N3. The molecule has 0 fully saturated rings. The lowest BCUT2D eigenvalue weighted by Crippen LogP contribution is -2.06. The molecule has 0 aliphatic heterocycles. The Morgan fingerprint density at radius 1 is 0.759 bits per heavy atom. The first-order valence-corrected chi connectivity index (χ1v) is 9.10. The summed E-state index contributed by atoms with van der Waals surface area (Å²) >= 11 is 0. The minimum Gasteiger partial charge on any atom is -0.338 e. The van der Waals surface area contributed by atoms with Crippen LogP contribution < -0.4 is 5.32 Å². The fourth-order valence-electron chi connectivity index (χ4n) is 3.23. The molecule has 0 aliphatic carbocycles. The summed E-state index contributed by atoms with van der Waals surface area (Å²) in [4.78, 5) is 0. The molecule has 1 aromatic heterocycles. The molecule has 0 atom stereocenters. The van der Waals surface area contributed by atoms with E-state index < -0.39 is 11.7 Å². The Bertz CT molecular complexity index is 1190. The van der Waals surface area contributed by atoms with E-state index in [0.29, 0.717) is 11.5 Å². The van der Waals surface area contributed by atoms with Crippen molar-refractivity contribution < 1.29 is 13.2 Å². The predicted octanol–water partition coefficient (Wildman–Crippen LogP) is 6.68. The van der Waals surface area contributed by atoms with Crippen molar-refractivity contribution in [1.82, 2.24) is 10.2 Å². The third-order valence-electron chi connectivity index (χ3n) is 4.89. The smallest absolute Gasteiger partial charge is 0.338 e. The maximum Gasteiger partial charge on any atom is 0.416 e. The van der Waals surface area contributed by atoms with Crippen LogP contribution in [0.3, 0.4) is 0 Å². The minimum atomic E-state index is -4.41. The highest BCUT2D eigenvalue weighted by atomic mass is 19.4. The SMILES string of the molecule is Cc1cc2c(Nc3cccc(C(F)(F)F)c3)nnc(-c3ccccc3)c2cc1C. The number of rotatable bonds is 3. The van der Waals surface area contributed by atoms with Crippen molar-refractivity contribution >= 4 is 22.3 Å². The van der Waals surface area contributed by atoms with Crippen LogP contribution in [0.5, 0.6) is 0 Å². The molecule has 0 unspecified atom stereocenters. The van der Waals surface area contributed by atoms with Gasteiger partial charge in [0.2, 0.25) is 0 Å². The maximum absolute atomic E-state index is 13.0. The number of alkyl halides is 3.